The summed E-state index contributed by atoms with van der Waals surface area (Å²) in [6.45, 7) is 3.40. The molecule has 1 aromatic carbocycles. The van der Waals surface area contributed by atoms with Crippen LogP contribution in [0.2, 0.25) is 0 Å². The molecule has 0 amide bonds. The first kappa shape index (κ1) is 25.5. The molecule has 0 bridgehead atoms. The van der Waals surface area contributed by atoms with E-state index < -0.39 is 12.0 Å². The average Bonchev–Trinajstić information content (AvgIpc) is 3.48. The number of hydrogen-bond donors (Lipinski definition) is 0. The molecule has 11 heteroatoms. The summed E-state index contributed by atoms with van der Waals surface area (Å²) in [5.74, 6) is -0.339. The SMILES string of the molecule is CCOC(=O)C1=C2C[C@H](CN(C)CC(=O)OC)CN2C(c2nccs2)=N[C@H]1c1ccc(F)cc1Br. The van der Waals surface area contributed by atoms with Crippen LogP contribution in [0, 0.1) is 11.7 Å². The van der Waals surface area contributed by atoms with Crippen molar-refractivity contribution in [1.82, 2.24) is 14.8 Å². The second kappa shape index (κ2) is 11.0. The molecule has 2 aliphatic rings. The fourth-order valence-electron chi connectivity index (χ4n) is 4.50. The zero-order chi connectivity index (χ0) is 25.1. The second-order valence-corrected chi connectivity index (χ2v) is 10.1. The second-order valence-electron chi connectivity index (χ2n) is 8.39. The van der Waals surface area contributed by atoms with Crippen LogP contribution in [0.3, 0.4) is 0 Å². The molecule has 4 rings (SSSR count). The molecule has 2 aliphatic heterocycles. The first-order chi connectivity index (χ1) is 16.8. The number of ether oxygens (including phenoxy) is 2. The van der Waals surface area contributed by atoms with Gasteiger partial charge in [-0.05, 0) is 44.0 Å². The van der Waals surface area contributed by atoms with Crippen molar-refractivity contribution in [2.75, 3.05) is 40.4 Å². The van der Waals surface area contributed by atoms with Crippen molar-refractivity contribution < 1.29 is 23.5 Å². The average molecular weight is 565 g/mol. The summed E-state index contributed by atoms with van der Waals surface area (Å²) in [7, 11) is 3.23. The van der Waals surface area contributed by atoms with E-state index in [1.165, 1.54) is 30.6 Å². The number of aromatic nitrogens is 1. The maximum absolute atomic E-state index is 13.9. The van der Waals surface area contributed by atoms with Crippen LogP contribution in [0.25, 0.3) is 0 Å². The van der Waals surface area contributed by atoms with Gasteiger partial charge in [0.15, 0.2) is 10.8 Å². The highest BCUT2D eigenvalue weighted by Crippen LogP contribution is 2.44. The maximum Gasteiger partial charge on any atom is 0.338 e. The van der Waals surface area contributed by atoms with E-state index in [1.54, 1.807) is 19.2 Å². The van der Waals surface area contributed by atoms with Gasteiger partial charge in [0.1, 0.15) is 11.9 Å². The summed E-state index contributed by atoms with van der Waals surface area (Å²) >= 11 is 4.92. The number of hydrogen-bond acceptors (Lipinski definition) is 9. The Labute approximate surface area is 215 Å². The molecular weight excluding hydrogens is 539 g/mol. The summed E-state index contributed by atoms with van der Waals surface area (Å²) in [5.41, 5.74) is 1.93. The minimum Gasteiger partial charge on any atom is -0.468 e. The highest BCUT2D eigenvalue weighted by molar-refractivity contribution is 9.10. The fourth-order valence-corrected chi connectivity index (χ4v) is 5.71. The lowest BCUT2D eigenvalue weighted by molar-refractivity contribution is -0.141. The molecule has 0 saturated carbocycles. The first-order valence-electron chi connectivity index (χ1n) is 11.2. The van der Waals surface area contributed by atoms with Gasteiger partial charge in [0.2, 0.25) is 0 Å². The van der Waals surface area contributed by atoms with E-state index in [2.05, 4.69) is 20.9 Å². The quantitative estimate of drug-likeness (QED) is 0.451. The first-order valence-corrected chi connectivity index (χ1v) is 12.8. The number of halogens is 2. The van der Waals surface area contributed by atoms with Crippen molar-refractivity contribution >= 4 is 45.0 Å². The topological polar surface area (TPSA) is 84.3 Å². The molecule has 0 radical (unpaired) electrons. The Morgan fingerprint density at radius 2 is 2.17 bits per heavy atom. The van der Waals surface area contributed by atoms with Gasteiger partial charge in [-0.15, -0.1) is 11.3 Å². The molecule has 1 saturated heterocycles. The predicted molar refractivity (Wildman–Crippen MR) is 133 cm³/mol. The van der Waals surface area contributed by atoms with Gasteiger partial charge in [-0.1, -0.05) is 22.0 Å². The third kappa shape index (κ3) is 5.46. The number of allylic oxidation sites excluding steroid dienone is 1. The van der Waals surface area contributed by atoms with Gasteiger partial charge in [0.25, 0.3) is 0 Å². The molecule has 2 atom stereocenters. The van der Waals surface area contributed by atoms with Crippen molar-refractivity contribution in [3.05, 3.63) is 61.9 Å². The zero-order valence-electron chi connectivity index (χ0n) is 19.7. The van der Waals surface area contributed by atoms with Gasteiger partial charge in [0, 0.05) is 34.8 Å². The molecular formula is C24H26BrFN4O4S. The number of amidine groups is 1. The number of fused-ring (bicyclic) bond motifs is 1. The van der Waals surface area contributed by atoms with Crippen LogP contribution in [0.4, 0.5) is 4.39 Å². The van der Waals surface area contributed by atoms with Crippen LogP contribution in [-0.4, -0.2) is 73.0 Å². The van der Waals surface area contributed by atoms with Crippen molar-refractivity contribution in [3.63, 3.8) is 0 Å². The monoisotopic (exact) mass is 564 g/mol. The number of benzene rings is 1. The minimum atomic E-state index is -0.680. The van der Waals surface area contributed by atoms with Crippen LogP contribution in [0.1, 0.15) is 30.0 Å². The van der Waals surface area contributed by atoms with Gasteiger partial charge in [-0.25, -0.2) is 14.2 Å². The van der Waals surface area contributed by atoms with E-state index in [-0.39, 0.29) is 30.9 Å². The van der Waals surface area contributed by atoms with Crippen LogP contribution in [0.15, 0.2) is 50.5 Å². The van der Waals surface area contributed by atoms with Gasteiger partial charge in [0.05, 0.1) is 25.8 Å². The summed E-state index contributed by atoms with van der Waals surface area (Å²) in [6.07, 6.45) is 2.31. The van der Waals surface area contributed by atoms with Crippen molar-refractivity contribution in [2.24, 2.45) is 10.9 Å². The number of carbonyl (C=O) groups excluding carboxylic acids is 2. The summed E-state index contributed by atoms with van der Waals surface area (Å²) < 4.78 is 24.6. The predicted octanol–water partition coefficient (Wildman–Crippen LogP) is 3.79. The molecule has 3 heterocycles. The number of nitrogens with zero attached hydrogens (tertiary/aromatic N) is 4. The highest BCUT2D eigenvalue weighted by atomic mass is 79.9. The molecule has 0 aliphatic carbocycles. The molecule has 1 fully saturated rings. The van der Waals surface area contributed by atoms with E-state index in [0.29, 0.717) is 41.0 Å². The third-order valence-electron chi connectivity index (χ3n) is 5.91. The Morgan fingerprint density at radius 3 is 2.83 bits per heavy atom. The van der Waals surface area contributed by atoms with E-state index in [0.717, 1.165) is 10.7 Å². The Bertz CT molecular complexity index is 1170. The molecule has 8 nitrogen and oxygen atoms in total. The molecule has 0 unspecified atom stereocenters. The van der Waals surface area contributed by atoms with E-state index >= 15 is 0 Å². The molecule has 2 aromatic rings. The molecule has 0 N–H and O–H groups in total. The van der Waals surface area contributed by atoms with Crippen molar-refractivity contribution in [2.45, 2.75) is 19.4 Å². The van der Waals surface area contributed by atoms with E-state index in [9.17, 15) is 14.0 Å². The molecule has 35 heavy (non-hydrogen) atoms. The number of methoxy groups -OCH3 is 1. The third-order valence-corrected chi connectivity index (χ3v) is 7.37. The Kier molecular flexibility index (Phi) is 7.98. The fraction of sp³-hybridized carbons (Fsp3) is 0.417. The van der Waals surface area contributed by atoms with Crippen molar-refractivity contribution in [1.29, 1.82) is 0 Å². The van der Waals surface area contributed by atoms with Gasteiger partial charge in [-0.3, -0.25) is 14.7 Å². The van der Waals surface area contributed by atoms with Gasteiger partial charge >= 0.3 is 11.9 Å². The summed E-state index contributed by atoms with van der Waals surface area (Å²) in [5, 5.41) is 2.61. The Morgan fingerprint density at radius 1 is 1.37 bits per heavy atom. The lowest BCUT2D eigenvalue weighted by Crippen LogP contribution is -2.37. The molecule has 186 valence electrons. The Balaban J connectivity index is 1.78. The van der Waals surface area contributed by atoms with Gasteiger partial charge in [-0.2, -0.15) is 0 Å². The van der Waals surface area contributed by atoms with Crippen LogP contribution >= 0.6 is 27.3 Å². The van der Waals surface area contributed by atoms with Crippen LogP contribution in [-0.2, 0) is 19.1 Å². The zero-order valence-corrected chi connectivity index (χ0v) is 22.1. The summed E-state index contributed by atoms with van der Waals surface area (Å²) in [4.78, 5) is 38.4. The number of carbonyl (C=O) groups is 2. The van der Waals surface area contributed by atoms with E-state index in [1.807, 2.05) is 22.2 Å². The number of thiazole rings is 1. The maximum atomic E-state index is 13.9. The smallest absolute Gasteiger partial charge is 0.338 e. The minimum absolute atomic E-state index is 0.129. The van der Waals surface area contributed by atoms with Crippen LogP contribution in [0.5, 0.6) is 0 Å². The summed E-state index contributed by atoms with van der Waals surface area (Å²) in [6, 6.07) is 3.68. The van der Waals surface area contributed by atoms with Gasteiger partial charge < -0.3 is 14.4 Å². The lowest BCUT2D eigenvalue weighted by Gasteiger charge is -2.32. The lowest BCUT2D eigenvalue weighted by atomic mass is 9.93. The number of rotatable bonds is 8. The van der Waals surface area contributed by atoms with E-state index in [4.69, 9.17) is 14.5 Å². The number of esters is 2. The molecule has 1 aromatic heterocycles. The Hall–Kier alpha value is -2.63. The molecule has 0 spiro atoms. The van der Waals surface area contributed by atoms with Crippen LogP contribution < -0.4 is 0 Å². The van der Waals surface area contributed by atoms with Crippen molar-refractivity contribution in [3.8, 4) is 0 Å². The normalized spacial score (nSPS) is 19.6. The number of likely N-dealkylation sites (N-methyl/N-ethyl adjacent to an activating group) is 1. The highest BCUT2D eigenvalue weighted by Gasteiger charge is 2.42. The standard InChI is InChI=1S/C24H26BrFN4O4S/c1-4-34-24(32)20-18-9-14(11-29(2)13-19(31)33-3)12-30(18)22(23-27-7-8-35-23)28-21(20)16-6-5-15(26)10-17(16)25/h5-8,10,14,21H,4,9,11-13H2,1-3H3/t14-,21+/m1/s1. The number of aliphatic imine (C=N–C) groups is 1. The largest absolute Gasteiger partial charge is 0.468 e.